The molecule has 0 saturated carbocycles. The summed E-state index contributed by atoms with van der Waals surface area (Å²) in [6.07, 6.45) is 1.60. The van der Waals surface area contributed by atoms with Gasteiger partial charge in [0.25, 0.3) is 0 Å². The normalized spacial score (nSPS) is 10.6. The van der Waals surface area contributed by atoms with Crippen LogP contribution in [0.1, 0.15) is 22.8 Å². The number of hydrazone groups is 1. The molecule has 0 heterocycles. The maximum atomic E-state index is 12.7. The number of hydrogen-bond acceptors (Lipinski definition) is 3. The molecular weight excluding hydrogens is 243 g/mol. The number of anilines is 1. The molecule has 0 spiro atoms. The Morgan fingerprint density at radius 3 is 2.32 bits per heavy atom. The van der Waals surface area contributed by atoms with Crippen molar-refractivity contribution in [2.45, 2.75) is 6.92 Å². The number of carbonyl (C=O) groups is 1. The molecule has 0 aliphatic heterocycles. The highest BCUT2D eigenvalue weighted by molar-refractivity contribution is 5.94. The average molecular weight is 256 g/mol. The lowest BCUT2D eigenvalue weighted by Gasteiger charge is -2.01. The molecule has 19 heavy (non-hydrogen) atoms. The molecule has 0 saturated heterocycles. The van der Waals surface area contributed by atoms with Crippen molar-refractivity contribution in [2.24, 2.45) is 5.10 Å². The second-order valence-electron chi connectivity index (χ2n) is 4.06. The summed E-state index contributed by atoms with van der Waals surface area (Å²) in [6, 6.07) is 13.1. The van der Waals surface area contributed by atoms with Crippen molar-refractivity contribution >= 4 is 17.7 Å². The van der Waals surface area contributed by atoms with Crippen LogP contribution in [0.5, 0.6) is 0 Å². The summed E-state index contributed by atoms with van der Waals surface area (Å²) >= 11 is 0. The summed E-state index contributed by atoms with van der Waals surface area (Å²) in [5.74, 6) is -0.244. The third-order valence-corrected chi connectivity index (χ3v) is 2.57. The number of hydrogen-bond donors (Lipinski definition) is 1. The first-order valence-electron chi connectivity index (χ1n) is 5.81. The fourth-order valence-electron chi connectivity index (χ4n) is 1.51. The van der Waals surface area contributed by atoms with Gasteiger partial charge in [-0.15, -0.1) is 0 Å². The highest BCUT2D eigenvalue weighted by Crippen LogP contribution is 2.10. The minimum absolute atomic E-state index is 0.0290. The van der Waals surface area contributed by atoms with Gasteiger partial charge in [0.1, 0.15) is 5.82 Å². The predicted molar refractivity (Wildman–Crippen MR) is 74.1 cm³/mol. The van der Waals surface area contributed by atoms with Gasteiger partial charge in [-0.2, -0.15) is 5.10 Å². The van der Waals surface area contributed by atoms with E-state index in [1.165, 1.54) is 19.1 Å². The van der Waals surface area contributed by atoms with E-state index in [1.54, 1.807) is 42.6 Å². The van der Waals surface area contributed by atoms with Crippen molar-refractivity contribution in [1.82, 2.24) is 0 Å². The molecule has 4 heteroatoms. The van der Waals surface area contributed by atoms with Crippen LogP contribution in [0.15, 0.2) is 53.6 Å². The van der Waals surface area contributed by atoms with E-state index in [-0.39, 0.29) is 11.6 Å². The standard InChI is InChI=1S/C15H13FN2O/c1-11(19)13-4-8-15(9-5-13)18-17-10-12-2-6-14(16)7-3-12/h2-10,18H,1H3/b17-10+. The second kappa shape index (κ2) is 5.91. The molecule has 2 rings (SSSR count). The van der Waals surface area contributed by atoms with Gasteiger partial charge in [-0.05, 0) is 48.9 Å². The number of halogens is 1. The van der Waals surface area contributed by atoms with Gasteiger partial charge in [-0.25, -0.2) is 4.39 Å². The van der Waals surface area contributed by atoms with Gasteiger partial charge in [0.05, 0.1) is 11.9 Å². The van der Waals surface area contributed by atoms with Gasteiger partial charge in [-0.1, -0.05) is 12.1 Å². The molecular formula is C15H13FN2O. The number of benzene rings is 2. The number of Topliss-reactive ketones (excluding diaryl/α,β-unsaturated/α-hetero) is 1. The molecule has 1 N–H and O–H groups in total. The molecule has 0 aliphatic carbocycles. The zero-order valence-electron chi connectivity index (χ0n) is 10.4. The van der Waals surface area contributed by atoms with Gasteiger partial charge in [0.2, 0.25) is 0 Å². The maximum Gasteiger partial charge on any atom is 0.159 e. The topological polar surface area (TPSA) is 41.5 Å². The molecule has 96 valence electrons. The van der Waals surface area contributed by atoms with E-state index in [9.17, 15) is 9.18 Å². The summed E-state index contributed by atoms with van der Waals surface area (Å²) in [7, 11) is 0. The van der Waals surface area contributed by atoms with Crippen molar-refractivity contribution in [2.75, 3.05) is 5.43 Å². The SMILES string of the molecule is CC(=O)c1ccc(N/N=C/c2ccc(F)cc2)cc1. The fraction of sp³-hybridized carbons (Fsp3) is 0.0667. The minimum atomic E-state index is -0.273. The summed E-state index contributed by atoms with van der Waals surface area (Å²) in [6.45, 7) is 1.52. The van der Waals surface area contributed by atoms with Crippen LogP contribution >= 0.6 is 0 Å². The maximum absolute atomic E-state index is 12.7. The van der Waals surface area contributed by atoms with E-state index in [0.717, 1.165) is 11.3 Å². The predicted octanol–water partition coefficient (Wildman–Crippen LogP) is 3.47. The molecule has 3 nitrogen and oxygen atoms in total. The third-order valence-electron chi connectivity index (χ3n) is 2.57. The minimum Gasteiger partial charge on any atom is -0.295 e. The van der Waals surface area contributed by atoms with Crippen molar-refractivity contribution in [3.8, 4) is 0 Å². The molecule has 0 fully saturated rings. The van der Waals surface area contributed by atoms with Crippen molar-refractivity contribution in [3.63, 3.8) is 0 Å². The number of rotatable bonds is 4. The molecule has 0 atom stereocenters. The van der Waals surface area contributed by atoms with Crippen molar-refractivity contribution in [3.05, 3.63) is 65.5 Å². The highest BCUT2D eigenvalue weighted by Gasteiger charge is 1.97. The van der Waals surface area contributed by atoms with Gasteiger partial charge in [-0.3, -0.25) is 10.2 Å². The van der Waals surface area contributed by atoms with E-state index in [2.05, 4.69) is 10.5 Å². The first-order chi connectivity index (χ1) is 9.15. The summed E-state index contributed by atoms with van der Waals surface area (Å²) in [4.78, 5) is 11.1. The van der Waals surface area contributed by atoms with Crippen LogP contribution in [0.4, 0.5) is 10.1 Å². The number of nitrogens with zero attached hydrogens (tertiary/aromatic N) is 1. The average Bonchev–Trinajstić information content (AvgIpc) is 2.41. The second-order valence-corrected chi connectivity index (χ2v) is 4.06. The third kappa shape index (κ3) is 3.74. The number of nitrogens with one attached hydrogen (secondary N) is 1. The molecule has 0 unspecified atom stereocenters. The number of carbonyl (C=O) groups excluding carboxylic acids is 1. The quantitative estimate of drug-likeness (QED) is 0.517. The van der Waals surface area contributed by atoms with Crippen molar-refractivity contribution in [1.29, 1.82) is 0 Å². The summed E-state index contributed by atoms with van der Waals surface area (Å²) in [5.41, 5.74) is 5.08. The van der Waals surface area contributed by atoms with Gasteiger partial charge >= 0.3 is 0 Å². The number of ketones is 1. The molecule has 2 aromatic carbocycles. The van der Waals surface area contributed by atoms with E-state index in [4.69, 9.17) is 0 Å². The zero-order chi connectivity index (χ0) is 13.7. The molecule has 0 bridgehead atoms. The largest absolute Gasteiger partial charge is 0.295 e. The van der Waals surface area contributed by atoms with E-state index in [0.29, 0.717) is 5.56 Å². The first-order valence-corrected chi connectivity index (χ1v) is 5.81. The van der Waals surface area contributed by atoms with Crippen LogP contribution in [0, 0.1) is 5.82 Å². The zero-order valence-corrected chi connectivity index (χ0v) is 10.4. The molecule has 0 radical (unpaired) electrons. The van der Waals surface area contributed by atoms with E-state index < -0.39 is 0 Å². The Labute approximate surface area is 110 Å². The van der Waals surface area contributed by atoms with Crippen LogP contribution < -0.4 is 5.43 Å². The summed E-state index contributed by atoms with van der Waals surface area (Å²) in [5, 5.41) is 4.03. The Hall–Kier alpha value is -2.49. The van der Waals surface area contributed by atoms with Crippen LogP contribution in [-0.2, 0) is 0 Å². The van der Waals surface area contributed by atoms with Crippen LogP contribution in [-0.4, -0.2) is 12.0 Å². The fourth-order valence-corrected chi connectivity index (χ4v) is 1.51. The lowest BCUT2D eigenvalue weighted by atomic mass is 10.1. The Morgan fingerprint density at radius 1 is 1.11 bits per heavy atom. The van der Waals surface area contributed by atoms with Crippen LogP contribution in [0.25, 0.3) is 0 Å². The molecule has 2 aromatic rings. The van der Waals surface area contributed by atoms with Gasteiger partial charge in [0.15, 0.2) is 5.78 Å². The Kier molecular flexibility index (Phi) is 4.03. The lowest BCUT2D eigenvalue weighted by molar-refractivity contribution is 0.101. The van der Waals surface area contributed by atoms with Crippen molar-refractivity contribution < 1.29 is 9.18 Å². The molecule has 0 aromatic heterocycles. The Bertz CT molecular complexity index is 589. The summed E-state index contributed by atoms with van der Waals surface area (Å²) < 4.78 is 12.7. The van der Waals surface area contributed by atoms with Gasteiger partial charge < -0.3 is 0 Å². The highest BCUT2D eigenvalue weighted by atomic mass is 19.1. The lowest BCUT2D eigenvalue weighted by Crippen LogP contribution is -1.94. The van der Waals surface area contributed by atoms with Crippen LogP contribution in [0.3, 0.4) is 0 Å². The van der Waals surface area contributed by atoms with Gasteiger partial charge in [0, 0.05) is 5.56 Å². The Morgan fingerprint density at radius 2 is 1.74 bits per heavy atom. The monoisotopic (exact) mass is 256 g/mol. The smallest absolute Gasteiger partial charge is 0.159 e. The van der Waals surface area contributed by atoms with E-state index in [1.807, 2.05) is 0 Å². The molecule has 0 amide bonds. The Balaban J connectivity index is 1.98. The molecule has 0 aliphatic rings. The first kappa shape index (κ1) is 13.0. The van der Waals surface area contributed by atoms with Crippen LogP contribution in [0.2, 0.25) is 0 Å². The van der Waals surface area contributed by atoms with E-state index >= 15 is 0 Å².